The molecule has 0 aliphatic heterocycles. The number of hydrogen-bond acceptors (Lipinski definition) is 5. The predicted molar refractivity (Wildman–Crippen MR) is 9.68 cm³/mol. The summed E-state index contributed by atoms with van der Waals surface area (Å²) < 4.78 is 0. The summed E-state index contributed by atoms with van der Waals surface area (Å²) in [6, 6.07) is 0. The van der Waals surface area contributed by atoms with Gasteiger partial charge in [0.25, 0.3) is 0 Å². The van der Waals surface area contributed by atoms with Crippen molar-refractivity contribution in [2.24, 2.45) is 0 Å². The minimum absolute atomic E-state index is 0. The number of hydrogen-bond donors (Lipinski definition) is 0. The van der Waals surface area contributed by atoms with Gasteiger partial charge >= 0.3 is 63.7 Å². The second-order valence-electron chi connectivity index (χ2n) is 0. The van der Waals surface area contributed by atoms with Crippen molar-refractivity contribution in [3.05, 3.63) is 0 Å². The summed E-state index contributed by atoms with van der Waals surface area (Å²) in [6.07, 6.45) is 0. The summed E-state index contributed by atoms with van der Waals surface area (Å²) in [4.78, 5) is 0. The van der Waals surface area contributed by atoms with Crippen LogP contribution in [0.1, 0.15) is 0 Å². The molecule has 7 heavy (non-hydrogen) atoms. The molecule has 0 amide bonds. The number of rotatable bonds is 0. The van der Waals surface area contributed by atoms with E-state index in [0.29, 0.717) is 0 Å². The standard InChI is InChI=1S/Co.5H2O.Yb/h;5*1H2;/q+2;;;;;;+3/p-5. The molecule has 0 unspecified atom stereocenters. The van der Waals surface area contributed by atoms with E-state index in [4.69, 9.17) is 0 Å². The van der Waals surface area contributed by atoms with Gasteiger partial charge in [-0.05, 0) is 0 Å². The van der Waals surface area contributed by atoms with E-state index in [9.17, 15) is 0 Å². The fourth-order valence-electron chi connectivity index (χ4n) is 0. The van der Waals surface area contributed by atoms with Crippen molar-refractivity contribution in [3.8, 4) is 0 Å². The Bertz CT molecular complexity index is 8.04. The largest absolute Gasteiger partial charge is 3.00 e. The fourth-order valence-corrected chi connectivity index (χ4v) is 0. The summed E-state index contributed by atoms with van der Waals surface area (Å²) in [6.45, 7) is 0. The summed E-state index contributed by atoms with van der Waals surface area (Å²) in [5, 5.41) is 0. The molecule has 0 rings (SSSR count). The molecule has 0 aromatic carbocycles. The van der Waals surface area contributed by atoms with Crippen LogP contribution in [0.25, 0.3) is 0 Å². The summed E-state index contributed by atoms with van der Waals surface area (Å²) >= 11 is 0. The summed E-state index contributed by atoms with van der Waals surface area (Å²) in [5.74, 6) is 0. The van der Waals surface area contributed by atoms with Crippen LogP contribution in [0.3, 0.4) is 0 Å². The molecule has 0 aliphatic rings. The molecule has 5 nitrogen and oxygen atoms in total. The third-order valence-electron chi connectivity index (χ3n) is 0. The normalized spacial score (nSPS) is 0. The first-order valence-electron chi connectivity index (χ1n) is 0. The zero-order valence-corrected chi connectivity index (χ0v) is 5.59. The molecule has 0 fully saturated rings. The molecular weight excluding hydrogens is 312 g/mol. The van der Waals surface area contributed by atoms with Gasteiger partial charge in [-0.2, -0.15) is 0 Å². The van der Waals surface area contributed by atoms with Crippen molar-refractivity contribution in [3.63, 3.8) is 0 Å². The first kappa shape index (κ1) is 162. The second-order valence-corrected chi connectivity index (χ2v) is 0. The predicted octanol–water partition coefficient (Wildman–Crippen LogP) is -0.886. The molecule has 0 aliphatic carbocycles. The summed E-state index contributed by atoms with van der Waals surface area (Å²) in [7, 11) is 0. The Kier molecular flexibility index (Phi) is 2530. The molecule has 0 spiro atoms. The average Bonchev–Trinajstić information content (AvgIpc) is 0. The Morgan fingerprint density at radius 2 is 0.429 bits per heavy atom. The van der Waals surface area contributed by atoms with Crippen molar-refractivity contribution in [2.45, 2.75) is 0 Å². The fraction of sp³-hybridized carbons (Fsp3) is 0. The topological polar surface area (TPSA) is 150 Å². The van der Waals surface area contributed by atoms with Gasteiger partial charge in [-0.15, -0.1) is 0 Å². The van der Waals surface area contributed by atoms with Gasteiger partial charge < -0.3 is 27.4 Å². The molecule has 7 heteroatoms. The van der Waals surface area contributed by atoms with Crippen LogP contribution in [-0.2, 0) is 16.8 Å². The van der Waals surface area contributed by atoms with Crippen LogP contribution >= 0.6 is 0 Å². The van der Waals surface area contributed by atoms with Gasteiger partial charge in [0.1, 0.15) is 0 Å². The van der Waals surface area contributed by atoms with Gasteiger partial charge in [0.15, 0.2) is 0 Å². The van der Waals surface area contributed by atoms with Gasteiger partial charge in [0.2, 0.25) is 0 Å². The van der Waals surface area contributed by atoms with Crippen LogP contribution < -0.4 is 0 Å². The Hall–Kier alpha value is 1.83. The first-order valence-corrected chi connectivity index (χ1v) is 0. The van der Waals surface area contributed by atoms with E-state index in [0.717, 1.165) is 0 Å². The van der Waals surface area contributed by atoms with Gasteiger partial charge in [0.05, 0.1) is 0 Å². The van der Waals surface area contributed by atoms with Crippen molar-refractivity contribution in [1.82, 2.24) is 0 Å². The Morgan fingerprint density at radius 3 is 0.429 bits per heavy atom. The van der Waals surface area contributed by atoms with Crippen LogP contribution in [0.2, 0.25) is 0 Å². The average molecular weight is 317 g/mol. The van der Waals surface area contributed by atoms with Gasteiger partial charge in [0, 0.05) is 0 Å². The van der Waals surface area contributed by atoms with Crippen molar-refractivity contribution < 1.29 is 91.1 Å². The molecule has 0 saturated carbocycles. The van der Waals surface area contributed by atoms with Crippen molar-refractivity contribution in [1.29, 1.82) is 0 Å². The van der Waals surface area contributed by atoms with E-state index in [2.05, 4.69) is 0 Å². The van der Waals surface area contributed by atoms with Crippen LogP contribution in [0, 0.1) is 46.9 Å². The second kappa shape index (κ2) is 109. The van der Waals surface area contributed by atoms with Crippen LogP contribution in [0.15, 0.2) is 0 Å². The smallest absolute Gasteiger partial charge is 0.870 e. The van der Waals surface area contributed by atoms with E-state index < -0.39 is 0 Å². The summed E-state index contributed by atoms with van der Waals surface area (Å²) in [5.41, 5.74) is 0. The first-order chi connectivity index (χ1) is 0. The van der Waals surface area contributed by atoms with Crippen LogP contribution in [-0.4, -0.2) is 27.4 Å². The maximum Gasteiger partial charge on any atom is 3.00 e. The maximum atomic E-state index is 0. The maximum absolute atomic E-state index is 0. The SMILES string of the molecule is [Co+2].[OH-].[OH-].[OH-].[OH-].[OH-].[Yb+3]. The van der Waals surface area contributed by atoms with Crippen molar-refractivity contribution in [2.75, 3.05) is 0 Å². The van der Waals surface area contributed by atoms with Gasteiger partial charge in [-0.1, -0.05) is 0 Å². The molecule has 0 heterocycles. The van der Waals surface area contributed by atoms with Crippen LogP contribution in [0.5, 0.6) is 0 Å². The van der Waals surface area contributed by atoms with Crippen molar-refractivity contribution >= 4 is 0 Å². The van der Waals surface area contributed by atoms with Gasteiger partial charge in [-0.25, -0.2) is 0 Å². The van der Waals surface area contributed by atoms with Gasteiger partial charge in [-0.3, -0.25) is 0 Å². The molecule has 0 saturated heterocycles. The molecule has 58 valence electrons. The Morgan fingerprint density at radius 1 is 0.429 bits per heavy atom. The molecule has 2 radical (unpaired) electrons. The van der Waals surface area contributed by atoms with E-state index in [1.54, 1.807) is 0 Å². The van der Waals surface area contributed by atoms with Crippen LogP contribution in [0.4, 0.5) is 0 Å². The third kappa shape index (κ3) is 79.7. The molecule has 5 N–H and O–H groups in total. The monoisotopic (exact) mass is 318 g/mol. The molecule has 0 aromatic heterocycles. The minimum atomic E-state index is 0. The minimum Gasteiger partial charge on any atom is -0.870 e. The third-order valence-corrected chi connectivity index (χ3v) is 0. The quantitative estimate of drug-likeness (QED) is 0.568. The molecule has 0 aromatic rings. The molecule has 0 bridgehead atoms. The van der Waals surface area contributed by atoms with E-state index in [1.807, 2.05) is 0 Å². The Balaban J connectivity index is 0. The van der Waals surface area contributed by atoms with E-state index >= 15 is 0 Å². The zero-order valence-electron chi connectivity index (χ0n) is 2.84. The van der Waals surface area contributed by atoms with E-state index in [-0.39, 0.29) is 91.1 Å². The zero-order chi connectivity index (χ0) is 0. The van der Waals surface area contributed by atoms with E-state index in [1.165, 1.54) is 0 Å². The molecule has 0 atom stereocenters. The molecular formula is H5CoO5Yb. The Labute approximate surface area is 89.8 Å².